The smallest absolute Gasteiger partial charge is 0.200 e. The van der Waals surface area contributed by atoms with Crippen molar-refractivity contribution < 1.29 is 18.3 Å². The molecule has 2 aromatic rings. The third-order valence-corrected chi connectivity index (χ3v) is 3.23. The third kappa shape index (κ3) is 3.27. The van der Waals surface area contributed by atoms with Crippen molar-refractivity contribution in [2.24, 2.45) is 0 Å². The quantitative estimate of drug-likeness (QED) is 0.791. The van der Waals surface area contributed by atoms with E-state index in [1.54, 1.807) is 0 Å². The lowest BCUT2D eigenvalue weighted by Gasteiger charge is -2.11. The van der Waals surface area contributed by atoms with E-state index in [0.717, 1.165) is 22.8 Å². The first kappa shape index (κ1) is 15.2. The zero-order valence-corrected chi connectivity index (χ0v) is 12.2. The van der Waals surface area contributed by atoms with Crippen LogP contribution in [0.2, 0.25) is 0 Å². The molecule has 2 nitrogen and oxygen atoms in total. The van der Waals surface area contributed by atoms with E-state index in [0.29, 0.717) is 5.56 Å². The van der Waals surface area contributed by atoms with Gasteiger partial charge in [0.05, 0.1) is 0 Å². The maximum absolute atomic E-state index is 13.5. The largest absolute Gasteiger partial charge is 0.482 e. The molecule has 0 N–H and O–H groups in total. The molecule has 0 aliphatic rings. The topological polar surface area (TPSA) is 26.3 Å². The number of rotatable bonds is 4. The Morgan fingerprint density at radius 2 is 1.71 bits per heavy atom. The molecule has 0 radical (unpaired) electrons. The Hall–Kier alpha value is -2.23. The van der Waals surface area contributed by atoms with Gasteiger partial charge >= 0.3 is 0 Å². The van der Waals surface area contributed by atoms with Crippen LogP contribution in [-0.4, -0.2) is 12.4 Å². The van der Waals surface area contributed by atoms with E-state index < -0.39 is 11.6 Å². The number of Topliss-reactive ketones (excluding diaryl/α,β-unsaturated/α-hetero) is 1. The molecule has 0 aliphatic heterocycles. The van der Waals surface area contributed by atoms with Crippen LogP contribution in [0.4, 0.5) is 8.78 Å². The fourth-order valence-corrected chi connectivity index (χ4v) is 2.43. The minimum absolute atomic E-state index is 0.256. The standard InChI is InChI=1S/C17H16F2O2/c1-10-7-11(2)16(12(3)8-10)14(20)9-21-15-6-4-5-13(18)17(15)19/h4-8H,9H2,1-3H3. The highest BCUT2D eigenvalue weighted by molar-refractivity contribution is 6.00. The van der Waals surface area contributed by atoms with Crippen LogP contribution in [0.5, 0.6) is 5.75 Å². The Morgan fingerprint density at radius 1 is 1.10 bits per heavy atom. The van der Waals surface area contributed by atoms with Gasteiger partial charge < -0.3 is 4.74 Å². The zero-order chi connectivity index (χ0) is 15.6. The predicted octanol–water partition coefficient (Wildman–Crippen LogP) is 4.15. The zero-order valence-electron chi connectivity index (χ0n) is 12.2. The van der Waals surface area contributed by atoms with Crippen LogP contribution in [0.3, 0.4) is 0 Å². The average Bonchev–Trinajstić information content (AvgIpc) is 2.39. The van der Waals surface area contributed by atoms with Crippen LogP contribution < -0.4 is 4.74 Å². The van der Waals surface area contributed by atoms with Gasteiger partial charge in [-0.3, -0.25) is 4.79 Å². The highest BCUT2D eigenvalue weighted by Gasteiger charge is 2.15. The molecule has 0 saturated heterocycles. The van der Waals surface area contributed by atoms with Gasteiger partial charge in [-0.1, -0.05) is 23.8 Å². The highest BCUT2D eigenvalue weighted by atomic mass is 19.2. The Balaban J connectivity index is 2.18. The maximum Gasteiger partial charge on any atom is 0.200 e. The number of ketones is 1. The van der Waals surface area contributed by atoms with Gasteiger partial charge in [0.2, 0.25) is 11.6 Å². The van der Waals surface area contributed by atoms with Crippen molar-refractivity contribution in [3.8, 4) is 5.75 Å². The number of carbonyl (C=O) groups is 1. The Kier molecular flexibility index (Phi) is 4.36. The van der Waals surface area contributed by atoms with Gasteiger partial charge in [-0.25, -0.2) is 4.39 Å². The van der Waals surface area contributed by atoms with Crippen molar-refractivity contribution in [3.05, 3.63) is 64.2 Å². The van der Waals surface area contributed by atoms with Crippen LogP contribution in [0, 0.1) is 32.4 Å². The van der Waals surface area contributed by atoms with Crippen LogP contribution >= 0.6 is 0 Å². The van der Waals surface area contributed by atoms with Gasteiger partial charge in [0.25, 0.3) is 0 Å². The van der Waals surface area contributed by atoms with Crippen LogP contribution in [0.1, 0.15) is 27.0 Å². The number of hydrogen-bond donors (Lipinski definition) is 0. The highest BCUT2D eigenvalue weighted by Crippen LogP contribution is 2.21. The summed E-state index contributed by atoms with van der Waals surface area (Å²) in [5.74, 6) is -2.59. The molecule has 0 heterocycles. The molecule has 0 aromatic heterocycles. The molecule has 0 aliphatic carbocycles. The fraction of sp³-hybridized carbons (Fsp3) is 0.235. The summed E-state index contributed by atoms with van der Waals surface area (Å²) < 4.78 is 31.6. The molecule has 0 unspecified atom stereocenters. The number of hydrogen-bond acceptors (Lipinski definition) is 2. The molecule has 0 saturated carbocycles. The second-order valence-corrected chi connectivity index (χ2v) is 5.04. The first-order valence-corrected chi connectivity index (χ1v) is 6.58. The monoisotopic (exact) mass is 290 g/mol. The first-order valence-electron chi connectivity index (χ1n) is 6.58. The maximum atomic E-state index is 13.5. The van der Waals surface area contributed by atoms with Crippen molar-refractivity contribution in [2.45, 2.75) is 20.8 Å². The first-order chi connectivity index (χ1) is 9.90. The summed E-state index contributed by atoms with van der Waals surface area (Å²) in [4.78, 5) is 12.2. The summed E-state index contributed by atoms with van der Waals surface area (Å²) >= 11 is 0. The lowest BCUT2D eigenvalue weighted by Crippen LogP contribution is -2.15. The average molecular weight is 290 g/mol. The fourth-order valence-electron chi connectivity index (χ4n) is 2.43. The van der Waals surface area contributed by atoms with Gasteiger partial charge in [0.15, 0.2) is 18.2 Å². The molecule has 2 aromatic carbocycles. The molecule has 0 bridgehead atoms. The normalized spacial score (nSPS) is 10.5. The van der Waals surface area contributed by atoms with Crippen molar-refractivity contribution in [1.29, 1.82) is 0 Å². The summed E-state index contributed by atoms with van der Waals surface area (Å²) in [5.41, 5.74) is 3.33. The molecule has 2 rings (SSSR count). The molecule has 0 spiro atoms. The van der Waals surface area contributed by atoms with Crippen LogP contribution in [0.15, 0.2) is 30.3 Å². The van der Waals surface area contributed by atoms with Crippen molar-refractivity contribution in [1.82, 2.24) is 0 Å². The molecule has 0 amide bonds. The SMILES string of the molecule is Cc1cc(C)c(C(=O)COc2cccc(F)c2F)c(C)c1. The van der Waals surface area contributed by atoms with Gasteiger partial charge in [-0.05, 0) is 44.0 Å². The molecule has 4 heteroatoms. The van der Waals surface area contributed by atoms with Gasteiger partial charge in [0, 0.05) is 5.56 Å². The van der Waals surface area contributed by atoms with Crippen LogP contribution in [-0.2, 0) is 0 Å². The summed E-state index contributed by atoms with van der Waals surface area (Å²) in [6, 6.07) is 7.44. The number of ether oxygens (including phenoxy) is 1. The minimum atomic E-state index is -1.08. The third-order valence-electron chi connectivity index (χ3n) is 3.23. The number of halogens is 2. The minimum Gasteiger partial charge on any atom is -0.482 e. The van der Waals surface area contributed by atoms with E-state index in [-0.39, 0.29) is 18.1 Å². The van der Waals surface area contributed by atoms with Gasteiger partial charge in [-0.15, -0.1) is 0 Å². The number of carbonyl (C=O) groups excluding carboxylic acids is 1. The number of aryl methyl sites for hydroxylation is 3. The summed E-state index contributed by atoms with van der Waals surface area (Å²) in [5, 5.41) is 0. The lowest BCUT2D eigenvalue weighted by molar-refractivity contribution is 0.0917. The second kappa shape index (κ2) is 6.04. The van der Waals surface area contributed by atoms with E-state index in [4.69, 9.17) is 4.74 Å². The van der Waals surface area contributed by atoms with Crippen molar-refractivity contribution in [2.75, 3.05) is 6.61 Å². The van der Waals surface area contributed by atoms with E-state index in [2.05, 4.69) is 0 Å². The summed E-state index contributed by atoms with van der Waals surface area (Å²) in [7, 11) is 0. The summed E-state index contributed by atoms with van der Waals surface area (Å²) in [6.45, 7) is 5.31. The van der Waals surface area contributed by atoms with Gasteiger partial charge in [-0.2, -0.15) is 4.39 Å². The summed E-state index contributed by atoms with van der Waals surface area (Å²) in [6.07, 6.45) is 0. The van der Waals surface area contributed by atoms with Crippen LogP contribution in [0.25, 0.3) is 0 Å². The van der Waals surface area contributed by atoms with Gasteiger partial charge in [0.1, 0.15) is 0 Å². The van der Waals surface area contributed by atoms with E-state index >= 15 is 0 Å². The lowest BCUT2D eigenvalue weighted by atomic mass is 9.97. The second-order valence-electron chi connectivity index (χ2n) is 5.04. The van der Waals surface area contributed by atoms with Crippen molar-refractivity contribution >= 4 is 5.78 Å². The predicted molar refractivity (Wildman–Crippen MR) is 76.8 cm³/mol. The molecular formula is C17H16F2O2. The van der Waals surface area contributed by atoms with Crippen molar-refractivity contribution in [3.63, 3.8) is 0 Å². The molecule has 21 heavy (non-hydrogen) atoms. The Morgan fingerprint density at radius 3 is 2.33 bits per heavy atom. The molecule has 0 fully saturated rings. The number of benzene rings is 2. The Bertz CT molecular complexity index is 670. The molecule has 0 atom stereocenters. The Labute approximate surface area is 122 Å². The molecular weight excluding hydrogens is 274 g/mol. The van der Waals surface area contributed by atoms with E-state index in [9.17, 15) is 13.6 Å². The van der Waals surface area contributed by atoms with E-state index in [1.807, 2.05) is 32.9 Å². The molecule has 110 valence electrons. The van der Waals surface area contributed by atoms with E-state index in [1.165, 1.54) is 12.1 Å².